The van der Waals surface area contributed by atoms with Gasteiger partial charge in [0.1, 0.15) is 0 Å². The maximum atomic E-state index is 12.0. The van der Waals surface area contributed by atoms with E-state index in [1.54, 1.807) is 11.2 Å². The molecule has 0 heterocycles. The number of hydrogen-bond acceptors (Lipinski definition) is 3. The predicted octanol–water partition coefficient (Wildman–Crippen LogP) is 1.14. The number of rotatable bonds is 6. The highest BCUT2D eigenvalue weighted by Crippen LogP contribution is 2.25. The van der Waals surface area contributed by atoms with Gasteiger partial charge in [-0.1, -0.05) is 12.8 Å². The lowest BCUT2D eigenvalue weighted by Gasteiger charge is -2.28. The monoisotopic (exact) mass is 248 g/mol. The smallest absolute Gasteiger partial charge is 0.214 e. The number of hydrogen-bond donors (Lipinski definition) is 0. The van der Waals surface area contributed by atoms with E-state index in [1.807, 2.05) is 19.0 Å². The molecule has 96 valence electrons. The molecular weight excluding hydrogens is 224 g/mol. The van der Waals surface area contributed by atoms with Gasteiger partial charge in [-0.15, -0.1) is 0 Å². The summed E-state index contributed by atoms with van der Waals surface area (Å²) >= 11 is 0. The van der Waals surface area contributed by atoms with Crippen LogP contribution in [0, 0.1) is 0 Å². The van der Waals surface area contributed by atoms with Crippen LogP contribution in [0.1, 0.15) is 32.6 Å². The molecule has 0 unspecified atom stereocenters. The van der Waals surface area contributed by atoms with Crippen LogP contribution in [-0.2, 0) is 10.0 Å². The summed E-state index contributed by atoms with van der Waals surface area (Å²) in [6.07, 6.45) is 4.41. The molecule has 4 nitrogen and oxygen atoms in total. The Morgan fingerprint density at radius 2 is 1.69 bits per heavy atom. The Bertz CT molecular complexity index is 295. The second kappa shape index (κ2) is 5.98. The molecule has 1 aliphatic rings. The summed E-state index contributed by atoms with van der Waals surface area (Å²) in [7, 11) is 0.922. The highest BCUT2D eigenvalue weighted by atomic mass is 32.2. The summed E-state index contributed by atoms with van der Waals surface area (Å²) < 4.78 is 25.7. The number of sulfonamides is 1. The molecule has 0 N–H and O–H groups in total. The molecule has 16 heavy (non-hydrogen) atoms. The van der Waals surface area contributed by atoms with Gasteiger partial charge in [-0.25, -0.2) is 8.42 Å². The standard InChI is InChI=1S/C11H24N2O2S/c1-4-16(14,15)13(10-9-12(2)3)11-7-5-6-8-11/h11H,4-10H2,1-3H3. The minimum Gasteiger partial charge on any atom is -0.308 e. The maximum absolute atomic E-state index is 12.0. The Labute approximate surface area is 99.7 Å². The van der Waals surface area contributed by atoms with Gasteiger partial charge >= 0.3 is 0 Å². The largest absolute Gasteiger partial charge is 0.308 e. The SMILES string of the molecule is CCS(=O)(=O)N(CCN(C)C)C1CCCC1. The molecule has 0 spiro atoms. The summed E-state index contributed by atoms with van der Waals surface area (Å²) in [5, 5.41) is 0. The Hall–Kier alpha value is -0.130. The van der Waals surface area contributed by atoms with Crippen molar-refractivity contribution >= 4 is 10.0 Å². The van der Waals surface area contributed by atoms with Crippen LogP contribution in [0.4, 0.5) is 0 Å². The van der Waals surface area contributed by atoms with E-state index in [0.717, 1.165) is 19.4 Å². The molecule has 1 aliphatic carbocycles. The zero-order valence-electron chi connectivity index (χ0n) is 10.6. The summed E-state index contributed by atoms with van der Waals surface area (Å²) in [4.78, 5) is 2.03. The van der Waals surface area contributed by atoms with Gasteiger partial charge in [0.2, 0.25) is 10.0 Å². The van der Waals surface area contributed by atoms with Gasteiger partial charge in [-0.3, -0.25) is 0 Å². The van der Waals surface area contributed by atoms with Gasteiger partial charge in [-0.05, 0) is 33.9 Å². The molecule has 5 heteroatoms. The molecule has 0 aromatic carbocycles. The first-order valence-electron chi connectivity index (χ1n) is 6.11. The second-order valence-corrected chi connectivity index (χ2v) is 6.96. The molecule has 1 saturated carbocycles. The minimum atomic E-state index is -3.03. The third-order valence-corrected chi connectivity index (χ3v) is 5.15. The van der Waals surface area contributed by atoms with E-state index in [1.165, 1.54) is 12.8 Å². The van der Waals surface area contributed by atoms with Crippen molar-refractivity contribution in [3.63, 3.8) is 0 Å². The van der Waals surface area contributed by atoms with Crippen molar-refractivity contribution in [3.8, 4) is 0 Å². The first-order chi connectivity index (χ1) is 7.47. The quantitative estimate of drug-likeness (QED) is 0.708. The fourth-order valence-electron chi connectivity index (χ4n) is 2.21. The van der Waals surface area contributed by atoms with Crippen molar-refractivity contribution in [2.75, 3.05) is 32.9 Å². The van der Waals surface area contributed by atoms with Crippen LogP contribution in [0.25, 0.3) is 0 Å². The molecule has 1 rings (SSSR count). The Morgan fingerprint density at radius 1 is 1.12 bits per heavy atom. The van der Waals surface area contributed by atoms with E-state index in [4.69, 9.17) is 0 Å². The Balaban J connectivity index is 2.68. The summed E-state index contributed by atoms with van der Waals surface area (Å²) in [5.74, 6) is 0.219. The number of nitrogens with zero attached hydrogens (tertiary/aromatic N) is 2. The van der Waals surface area contributed by atoms with Gasteiger partial charge in [0.15, 0.2) is 0 Å². The van der Waals surface area contributed by atoms with E-state index in [2.05, 4.69) is 0 Å². The molecule has 0 aromatic rings. The Morgan fingerprint density at radius 3 is 2.12 bits per heavy atom. The first-order valence-corrected chi connectivity index (χ1v) is 7.72. The van der Waals surface area contributed by atoms with Crippen LogP contribution in [0.3, 0.4) is 0 Å². The van der Waals surface area contributed by atoms with Crippen LogP contribution in [0.5, 0.6) is 0 Å². The topological polar surface area (TPSA) is 40.6 Å². The average molecular weight is 248 g/mol. The van der Waals surface area contributed by atoms with Crippen molar-refractivity contribution in [1.82, 2.24) is 9.21 Å². The molecule has 0 amide bonds. The van der Waals surface area contributed by atoms with Crippen LogP contribution >= 0.6 is 0 Å². The van der Waals surface area contributed by atoms with E-state index in [0.29, 0.717) is 6.54 Å². The van der Waals surface area contributed by atoms with Gasteiger partial charge in [0.25, 0.3) is 0 Å². The van der Waals surface area contributed by atoms with Gasteiger partial charge in [0.05, 0.1) is 5.75 Å². The minimum absolute atomic E-state index is 0.219. The molecule has 0 atom stereocenters. The van der Waals surface area contributed by atoms with E-state index < -0.39 is 10.0 Å². The number of likely N-dealkylation sites (N-methyl/N-ethyl adjacent to an activating group) is 1. The summed E-state index contributed by atoms with van der Waals surface area (Å²) in [6.45, 7) is 3.16. The lowest BCUT2D eigenvalue weighted by atomic mass is 10.2. The molecule has 0 aromatic heterocycles. The van der Waals surface area contributed by atoms with Gasteiger partial charge in [0, 0.05) is 19.1 Å². The van der Waals surface area contributed by atoms with Crippen LogP contribution in [-0.4, -0.2) is 56.6 Å². The average Bonchev–Trinajstić information content (AvgIpc) is 2.70. The highest BCUT2D eigenvalue weighted by Gasteiger charge is 2.30. The van der Waals surface area contributed by atoms with E-state index >= 15 is 0 Å². The molecule has 1 fully saturated rings. The van der Waals surface area contributed by atoms with E-state index in [9.17, 15) is 8.42 Å². The van der Waals surface area contributed by atoms with Gasteiger partial charge in [-0.2, -0.15) is 4.31 Å². The van der Waals surface area contributed by atoms with Crippen molar-refractivity contribution in [3.05, 3.63) is 0 Å². The zero-order valence-corrected chi connectivity index (χ0v) is 11.5. The molecule has 0 radical (unpaired) electrons. The molecule has 0 saturated heterocycles. The Kier molecular flexibility index (Phi) is 5.21. The lowest BCUT2D eigenvalue weighted by molar-refractivity contribution is 0.282. The fourth-order valence-corrected chi connectivity index (χ4v) is 3.56. The van der Waals surface area contributed by atoms with E-state index in [-0.39, 0.29) is 11.8 Å². The molecular formula is C11H24N2O2S. The fraction of sp³-hybridized carbons (Fsp3) is 1.00. The van der Waals surface area contributed by atoms with Crippen LogP contribution in [0.15, 0.2) is 0 Å². The molecule has 0 aliphatic heterocycles. The third-order valence-electron chi connectivity index (χ3n) is 3.22. The summed E-state index contributed by atoms with van der Waals surface area (Å²) in [5.41, 5.74) is 0. The maximum Gasteiger partial charge on any atom is 0.214 e. The zero-order chi connectivity index (χ0) is 12.2. The van der Waals surface area contributed by atoms with Crippen LogP contribution in [0.2, 0.25) is 0 Å². The second-order valence-electron chi connectivity index (χ2n) is 4.75. The highest BCUT2D eigenvalue weighted by molar-refractivity contribution is 7.89. The normalized spacial score (nSPS) is 18.8. The van der Waals surface area contributed by atoms with Crippen LogP contribution < -0.4 is 0 Å². The van der Waals surface area contributed by atoms with Gasteiger partial charge < -0.3 is 4.90 Å². The van der Waals surface area contributed by atoms with Crippen molar-refractivity contribution in [1.29, 1.82) is 0 Å². The summed E-state index contributed by atoms with van der Waals surface area (Å²) in [6, 6.07) is 0.255. The van der Waals surface area contributed by atoms with Crippen molar-refractivity contribution in [2.24, 2.45) is 0 Å². The first kappa shape index (κ1) is 13.9. The molecule has 0 bridgehead atoms. The van der Waals surface area contributed by atoms with Crippen molar-refractivity contribution in [2.45, 2.75) is 38.6 Å². The predicted molar refractivity (Wildman–Crippen MR) is 67.0 cm³/mol. The lowest BCUT2D eigenvalue weighted by Crippen LogP contribution is -2.43. The third kappa shape index (κ3) is 3.71. The van der Waals surface area contributed by atoms with Crippen molar-refractivity contribution < 1.29 is 8.42 Å².